The molecule has 1 aromatic rings. The van der Waals surface area contributed by atoms with E-state index >= 15 is 0 Å². The van der Waals surface area contributed by atoms with E-state index in [0.717, 1.165) is 29.4 Å². The second-order valence-electron chi connectivity index (χ2n) is 5.35. The second-order valence-corrected chi connectivity index (χ2v) is 5.76. The lowest BCUT2D eigenvalue weighted by molar-refractivity contribution is 0.192. The van der Waals surface area contributed by atoms with Crippen molar-refractivity contribution in [1.82, 2.24) is 4.90 Å². The highest BCUT2D eigenvalue weighted by Crippen LogP contribution is 2.35. The zero-order valence-corrected chi connectivity index (χ0v) is 14.3. The number of benzene rings is 1. The standard InChI is InChI=1S/C17H29ClN2O/c1-4-6-11-20(12-7-5-2)15(13-19)17-14(18)9-8-10-16(17)21-3/h8-10,15H,4-7,11-13,19H2,1-3H3. The molecule has 0 amide bonds. The van der Waals surface area contributed by atoms with E-state index in [9.17, 15) is 0 Å². The van der Waals surface area contributed by atoms with E-state index in [4.69, 9.17) is 22.1 Å². The van der Waals surface area contributed by atoms with Gasteiger partial charge < -0.3 is 10.5 Å². The minimum Gasteiger partial charge on any atom is -0.496 e. The normalized spacial score (nSPS) is 12.7. The van der Waals surface area contributed by atoms with Crippen molar-refractivity contribution < 1.29 is 4.74 Å². The van der Waals surface area contributed by atoms with Crippen LogP contribution in [0, 0.1) is 0 Å². The first-order valence-electron chi connectivity index (χ1n) is 7.96. The van der Waals surface area contributed by atoms with Crippen molar-refractivity contribution in [3.05, 3.63) is 28.8 Å². The lowest BCUT2D eigenvalue weighted by Crippen LogP contribution is -2.35. The lowest BCUT2D eigenvalue weighted by Gasteiger charge is -2.32. The Labute approximate surface area is 134 Å². The van der Waals surface area contributed by atoms with Crippen LogP contribution in [0.3, 0.4) is 0 Å². The van der Waals surface area contributed by atoms with Gasteiger partial charge in [0.05, 0.1) is 13.2 Å². The maximum atomic E-state index is 6.43. The van der Waals surface area contributed by atoms with Crippen molar-refractivity contribution in [2.45, 2.75) is 45.6 Å². The molecule has 0 radical (unpaired) electrons. The summed E-state index contributed by atoms with van der Waals surface area (Å²) in [6, 6.07) is 5.91. The summed E-state index contributed by atoms with van der Waals surface area (Å²) < 4.78 is 5.50. The van der Waals surface area contributed by atoms with Gasteiger partial charge in [0, 0.05) is 17.1 Å². The number of hydrogen-bond donors (Lipinski definition) is 1. The summed E-state index contributed by atoms with van der Waals surface area (Å²) in [7, 11) is 1.69. The number of hydrogen-bond acceptors (Lipinski definition) is 3. The molecule has 1 unspecified atom stereocenters. The molecule has 0 spiro atoms. The van der Waals surface area contributed by atoms with Crippen molar-refractivity contribution >= 4 is 11.6 Å². The zero-order valence-electron chi connectivity index (χ0n) is 13.6. The molecule has 0 saturated carbocycles. The van der Waals surface area contributed by atoms with E-state index < -0.39 is 0 Å². The fourth-order valence-corrected chi connectivity index (χ4v) is 2.91. The Morgan fingerprint density at radius 3 is 2.29 bits per heavy atom. The average molecular weight is 313 g/mol. The summed E-state index contributed by atoms with van der Waals surface area (Å²) in [5, 5.41) is 0.739. The largest absolute Gasteiger partial charge is 0.496 e. The van der Waals surface area contributed by atoms with Gasteiger partial charge in [0.1, 0.15) is 5.75 Å². The Bertz CT molecular complexity index is 404. The molecule has 0 aliphatic heterocycles. The number of halogens is 1. The van der Waals surface area contributed by atoms with Gasteiger partial charge in [0.25, 0.3) is 0 Å². The molecule has 1 rings (SSSR count). The fourth-order valence-electron chi connectivity index (χ4n) is 2.61. The summed E-state index contributed by atoms with van der Waals surface area (Å²) in [4.78, 5) is 2.46. The summed E-state index contributed by atoms with van der Waals surface area (Å²) >= 11 is 6.43. The molecular formula is C17H29ClN2O. The molecular weight excluding hydrogens is 284 g/mol. The highest BCUT2D eigenvalue weighted by atomic mass is 35.5. The smallest absolute Gasteiger partial charge is 0.125 e. The number of nitrogens with two attached hydrogens (primary N) is 1. The van der Waals surface area contributed by atoms with Gasteiger partial charge in [-0.15, -0.1) is 0 Å². The van der Waals surface area contributed by atoms with Crippen molar-refractivity contribution in [1.29, 1.82) is 0 Å². The van der Waals surface area contributed by atoms with Gasteiger partial charge in [0.2, 0.25) is 0 Å². The predicted octanol–water partition coefficient (Wildman–Crippen LogP) is 4.25. The second kappa shape index (κ2) is 10.0. The van der Waals surface area contributed by atoms with Gasteiger partial charge in [0.15, 0.2) is 0 Å². The Kier molecular flexibility index (Phi) is 8.74. The number of nitrogens with zero attached hydrogens (tertiary/aromatic N) is 1. The molecule has 0 bridgehead atoms. The summed E-state index contributed by atoms with van der Waals surface area (Å²) in [6.07, 6.45) is 4.71. The number of rotatable bonds is 10. The van der Waals surface area contributed by atoms with Crippen LogP contribution < -0.4 is 10.5 Å². The van der Waals surface area contributed by atoms with Crippen LogP contribution in [0.2, 0.25) is 5.02 Å². The number of ether oxygens (including phenoxy) is 1. The summed E-state index contributed by atoms with van der Waals surface area (Å²) in [6.45, 7) is 7.07. The van der Waals surface area contributed by atoms with Crippen molar-refractivity contribution in [3.8, 4) is 5.75 Å². The van der Waals surface area contributed by atoms with Crippen molar-refractivity contribution in [3.63, 3.8) is 0 Å². The van der Waals surface area contributed by atoms with Crippen LogP contribution in [0.4, 0.5) is 0 Å². The Morgan fingerprint density at radius 1 is 1.19 bits per heavy atom. The molecule has 4 heteroatoms. The first kappa shape index (κ1) is 18.3. The minimum atomic E-state index is 0.117. The van der Waals surface area contributed by atoms with Gasteiger partial charge in [-0.05, 0) is 38.1 Å². The maximum Gasteiger partial charge on any atom is 0.125 e. The predicted molar refractivity (Wildman–Crippen MR) is 91.2 cm³/mol. The van der Waals surface area contributed by atoms with Crippen LogP contribution >= 0.6 is 11.6 Å². The molecule has 0 aliphatic carbocycles. The third-order valence-electron chi connectivity index (χ3n) is 3.83. The molecule has 0 fully saturated rings. The highest BCUT2D eigenvalue weighted by molar-refractivity contribution is 6.31. The fraction of sp³-hybridized carbons (Fsp3) is 0.647. The highest BCUT2D eigenvalue weighted by Gasteiger charge is 2.24. The van der Waals surface area contributed by atoms with E-state index in [0.29, 0.717) is 6.54 Å². The quantitative estimate of drug-likeness (QED) is 0.702. The van der Waals surface area contributed by atoms with Crippen LogP contribution in [0.15, 0.2) is 18.2 Å². The van der Waals surface area contributed by atoms with Gasteiger partial charge in [-0.1, -0.05) is 44.4 Å². The third-order valence-corrected chi connectivity index (χ3v) is 4.16. The number of methoxy groups -OCH3 is 1. The molecule has 3 nitrogen and oxygen atoms in total. The van der Waals surface area contributed by atoms with Crippen LogP contribution in [-0.2, 0) is 0 Å². The molecule has 21 heavy (non-hydrogen) atoms. The van der Waals surface area contributed by atoms with Gasteiger partial charge in [-0.3, -0.25) is 4.90 Å². The van der Waals surface area contributed by atoms with Crippen molar-refractivity contribution in [2.75, 3.05) is 26.7 Å². The Balaban J connectivity index is 3.06. The molecule has 1 atom stereocenters. The van der Waals surface area contributed by atoms with E-state index in [1.165, 1.54) is 25.7 Å². The van der Waals surface area contributed by atoms with Crippen LogP contribution in [0.5, 0.6) is 5.75 Å². The molecule has 0 saturated heterocycles. The Morgan fingerprint density at radius 2 is 1.81 bits per heavy atom. The zero-order chi connectivity index (χ0) is 15.7. The molecule has 1 aromatic carbocycles. The van der Waals surface area contributed by atoms with E-state index in [2.05, 4.69) is 18.7 Å². The van der Waals surface area contributed by atoms with Crippen LogP contribution in [0.25, 0.3) is 0 Å². The van der Waals surface area contributed by atoms with Gasteiger partial charge in [-0.2, -0.15) is 0 Å². The van der Waals surface area contributed by atoms with Gasteiger partial charge in [-0.25, -0.2) is 0 Å². The SMILES string of the molecule is CCCCN(CCCC)C(CN)c1c(Cl)cccc1OC. The van der Waals surface area contributed by atoms with Crippen LogP contribution in [0.1, 0.15) is 51.1 Å². The van der Waals surface area contributed by atoms with Gasteiger partial charge >= 0.3 is 0 Å². The summed E-state index contributed by atoms with van der Waals surface area (Å²) in [5.41, 5.74) is 7.11. The maximum absolute atomic E-state index is 6.43. The molecule has 0 aliphatic rings. The molecule has 120 valence electrons. The first-order valence-corrected chi connectivity index (χ1v) is 8.33. The first-order chi connectivity index (χ1) is 10.2. The monoisotopic (exact) mass is 312 g/mol. The van der Waals surface area contributed by atoms with Crippen molar-refractivity contribution in [2.24, 2.45) is 5.73 Å². The summed E-state index contributed by atoms with van der Waals surface area (Å²) in [5.74, 6) is 0.830. The van der Waals surface area contributed by atoms with E-state index in [1.807, 2.05) is 18.2 Å². The van der Waals surface area contributed by atoms with Crippen LogP contribution in [-0.4, -0.2) is 31.6 Å². The molecule has 0 heterocycles. The lowest BCUT2D eigenvalue weighted by atomic mass is 10.0. The topological polar surface area (TPSA) is 38.5 Å². The van der Waals surface area contributed by atoms with E-state index in [1.54, 1.807) is 7.11 Å². The van der Waals surface area contributed by atoms with E-state index in [-0.39, 0.29) is 6.04 Å². The Hall–Kier alpha value is -0.770. The number of unbranched alkanes of at least 4 members (excludes halogenated alkanes) is 2. The average Bonchev–Trinajstić information content (AvgIpc) is 2.51. The third kappa shape index (κ3) is 5.17. The molecule has 0 aromatic heterocycles. The minimum absolute atomic E-state index is 0.117. The molecule has 2 N–H and O–H groups in total.